The molecule has 0 heterocycles. The van der Waals surface area contributed by atoms with Crippen LogP contribution in [-0.2, 0) is 16.0 Å². The van der Waals surface area contributed by atoms with Crippen molar-refractivity contribution in [3.63, 3.8) is 0 Å². The van der Waals surface area contributed by atoms with E-state index in [9.17, 15) is 9.59 Å². The fourth-order valence-corrected chi connectivity index (χ4v) is 3.47. The summed E-state index contributed by atoms with van der Waals surface area (Å²) in [6.07, 6.45) is 1.46. The van der Waals surface area contributed by atoms with Crippen LogP contribution in [0.2, 0.25) is 0 Å². The predicted molar refractivity (Wildman–Crippen MR) is 134 cm³/mol. The van der Waals surface area contributed by atoms with Gasteiger partial charge in [0.15, 0.2) is 6.10 Å². The number of hydrogen-bond donors (Lipinski definition) is 2. The smallest absolute Gasteiger partial charge is 0.265 e. The van der Waals surface area contributed by atoms with E-state index in [-0.39, 0.29) is 11.8 Å². The summed E-state index contributed by atoms with van der Waals surface area (Å²) in [5, 5.41) is 5.77. The van der Waals surface area contributed by atoms with E-state index in [1.54, 1.807) is 31.2 Å². The van der Waals surface area contributed by atoms with Gasteiger partial charge in [-0.15, -0.1) is 0 Å². The molecule has 0 aliphatic heterocycles. The lowest BCUT2D eigenvalue weighted by Crippen LogP contribution is -2.30. The molecule has 2 amide bonds. The maximum absolute atomic E-state index is 12.6. The quantitative estimate of drug-likeness (QED) is 0.392. The van der Waals surface area contributed by atoms with Crippen LogP contribution in [0, 0.1) is 0 Å². The van der Waals surface area contributed by atoms with E-state index in [1.807, 2.05) is 54.6 Å². The number of nitrogens with one attached hydrogen (secondary N) is 2. The van der Waals surface area contributed by atoms with Gasteiger partial charge in [-0.05, 0) is 67.1 Å². The Morgan fingerprint density at radius 2 is 1.42 bits per heavy atom. The molecule has 0 saturated carbocycles. The Morgan fingerprint density at radius 3 is 2.09 bits per heavy atom. The fraction of sp³-hybridized carbons (Fsp3) is 0.286. The van der Waals surface area contributed by atoms with Crippen molar-refractivity contribution in [1.29, 1.82) is 0 Å². The van der Waals surface area contributed by atoms with Gasteiger partial charge in [0.2, 0.25) is 5.91 Å². The standard InChI is InChI=1S/C28H32N2O3/c1-4-20(2)25-12-8-9-13-26(25)33-21(3)28(32)30-24-17-15-23(16-18-24)29-27(31)19-14-22-10-6-5-7-11-22/h5-13,15-18,20-21H,4,14,19H2,1-3H3,(H,29,31)(H,30,32). The zero-order valence-corrected chi connectivity index (χ0v) is 19.5. The van der Waals surface area contributed by atoms with Gasteiger partial charge >= 0.3 is 0 Å². The highest BCUT2D eigenvalue weighted by molar-refractivity contribution is 5.95. The van der Waals surface area contributed by atoms with Crippen molar-refractivity contribution < 1.29 is 14.3 Å². The minimum absolute atomic E-state index is 0.0439. The molecule has 172 valence electrons. The Labute approximate surface area is 196 Å². The van der Waals surface area contributed by atoms with Crippen LogP contribution >= 0.6 is 0 Å². The van der Waals surface area contributed by atoms with Gasteiger partial charge < -0.3 is 15.4 Å². The Morgan fingerprint density at radius 1 is 0.818 bits per heavy atom. The van der Waals surface area contributed by atoms with Crippen molar-refractivity contribution in [1.82, 2.24) is 0 Å². The van der Waals surface area contributed by atoms with Gasteiger partial charge in [-0.1, -0.05) is 62.4 Å². The monoisotopic (exact) mass is 444 g/mol. The van der Waals surface area contributed by atoms with Gasteiger partial charge in [0, 0.05) is 17.8 Å². The second-order valence-corrected chi connectivity index (χ2v) is 8.21. The Balaban J connectivity index is 1.51. The number of carbonyl (C=O) groups excluding carboxylic acids is 2. The highest BCUT2D eigenvalue weighted by atomic mass is 16.5. The van der Waals surface area contributed by atoms with E-state index in [1.165, 1.54) is 0 Å². The second-order valence-electron chi connectivity index (χ2n) is 8.21. The maximum atomic E-state index is 12.6. The average Bonchev–Trinajstić information content (AvgIpc) is 2.84. The van der Waals surface area contributed by atoms with Crippen molar-refractivity contribution >= 4 is 23.2 Å². The first-order valence-corrected chi connectivity index (χ1v) is 11.5. The first-order chi connectivity index (χ1) is 16.0. The van der Waals surface area contributed by atoms with Crippen molar-refractivity contribution in [3.05, 3.63) is 90.0 Å². The number of rotatable bonds is 10. The third kappa shape index (κ3) is 7.21. The molecule has 0 bridgehead atoms. The summed E-state index contributed by atoms with van der Waals surface area (Å²) < 4.78 is 5.97. The summed E-state index contributed by atoms with van der Waals surface area (Å²) in [6, 6.07) is 24.9. The van der Waals surface area contributed by atoms with Crippen molar-refractivity contribution in [2.24, 2.45) is 0 Å². The lowest BCUT2D eigenvalue weighted by Gasteiger charge is -2.19. The Kier molecular flexibility index (Phi) is 8.64. The van der Waals surface area contributed by atoms with E-state index >= 15 is 0 Å². The summed E-state index contributed by atoms with van der Waals surface area (Å²) in [6.45, 7) is 6.02. The molecule has 3 aromatic carbocycles. The number of carbonyl (C=O) groups is 2. The van der Waals surface area contributed by atoms with Crippen LogP contribution in [-0.4, -0.2) is 17.9 Å². The van der Waals surface area contributed by atoms with E-state index in [2.05, 4.69) is 24.5 Å². The molecule has 2 N–H and O–H groups in total. The maximum Gasteiger partial charge on any atom is 0.265 e. The first kappa shape index (κ1) is 24.1. The van der Waals surface area contributed by atoms with Crippen LogP contribution in [0.5, 0.6) is 5.75 Å². The third-order valence-electron chi connectivity index (χ3n) is 5.66. The highest BCUT2D eigenvalue weighted by Crippen LogP contribution is 2.29. The van der Waals surface area contributed by atoms with E-state index in [0.29, 0.717) is 30.1 Å². The van der Waals surface area contributed by atoms with Crippen LogP contribution in [0.25, 0.3) is 0 Å². The molecule has 3 rings (SSSR count). The lowest BCUT2D eigenvalue weighted by atomic mass is 9.98. The van der Waals surface area contributed by atoms with Crippen LogP contribution in [0.15, 0.2) is 78.9 Å². The summed E-state index contributed by atoms with van der Waals surface area (Å²) in [4.78, 5) is 24.9. The van der Waals surface area contributed by atoms with E-state index in [0.717, 1.165) is 23.3 Å². The second kappa shape index (κ2) is 11.9. The largest absolute Gasteiger partial charge is 0.481 e. The molecule has 0 aromatic heterocycles. The summed E-state index contributed by atoms with van der Waals surface area (Å²) in [5.41, 5.74) is 3.58. The van der Waals surface area contributed by atoms with Gasteiger partial charge in [0.25, 0.3) is 5.91 Å². The van der Waals surface area contributed by atoms with E-state index < -0.39 is 6.10 Å². The molecule has 0 aliphatic rings. The number of aryl methyl sites for hydroxylation is 1. The van der Waals surface area contributed by atoms with Gasteiger partial charge in [-0.3, -0.25) is 9.59 Å². The van der Waals surface area contributed by atoms with Gasteiger partial charge in [-0.25, -0.2) is 0 Å². The molecular formula is C28H32N2O3. The highest BCUT2D eigenvalue weighted by Gasteiger charge is 2.18. The van der Waals surface area contributed by atoms with Gasteiger partial charge in [-0.2, -0.15) is 0 Å². The molecule has 5 nitrogen and oxygen atoms in total. The average molecular weight is 445 g/mol. The molecule has 0 spiro atoms. The summed E-state index contributed by atoms with van der Waals surface area (Å²) in [7, 11) is 0. The van der Waals surface area contributed by atoms with Gasteiger partial charge in [0.1, 0.15) is 5.75 Å². The summed E-state index contributed by atoms with van der Waals surface area (Å²) in [5.74, 6) is 0.821. The lowest BCUT2D eigenvalue weighted by molar-refractivity contribution is -0.122. The Hall–Kier alpha value is -3.60. The minimum atomic E-state index is -0.646. The number of ether oxygens (including phenoxy) is 1. The fourth-order valence-electron chi connectivity index (χ4n) is 3.47. The topological polar surface area (TPSA) is 67.4 Å². The molecular weight excluding hydrogens is 412 g/mol. The molecule has 33 heavy (non-hydrogen) atoms. The van der Waals surface area contributed by atoms with Crippen molar-refractivity contribution in [3.8, 4) is 5.75 Å². The normalized spacial score (nSPS) is 12.5. The van der Waals surface area contributed by atoms with E-state index in [4.69, 9.17) is 4.74 Å². The number of anilines is 2. The van der Waals surface area contributed by atoms with Crippen LogP contribution < -0.4 is 15.4 Å². The molecule has 0 saturated heterocycles. The summed E-state index contributed by atoms with van der Waals surface area (Å²) >= 11 is 0. The van der Waals surface area contributed by atoms with Crippen molar-refractivity contribution in [2.45, 2.75) is 52.1 Å². The van der Waals surface area contributed by atoms with Crippen LogP contribution in [0.1, 0.15) is 50.7 Å². The minimum Gasteiger partial charge on any atom is -0.481 e. The zero-order chi connectivity index (χ0) is 23.6. The van der Waals surface area contributed by atoms with Crippen molar-refractivity contribution in [2.75, 3.05) is 10.6 Å². The zero-order valence-electron chi connectivity index (χ0n) is 19.5. The number of para-hydroxylation sites is 1. The molecule has 0 aliphatic carbocycles. The van der Waals surface area contributed by atoms with Crippen LogP contribution in [0.4, 0.5) is 11.4 Å². The molecule has 3 aromatic rings. The van der Waals surface area contributed by atoms with Gasteiger partial charge in [0.05, 0.1) is 0 Å². The molecule has 5 heteroatoms. The number of amides is 2. The Bertz CT molecular complexity index is 1050. The number of hydrogen-bond acceptors (Lipinski definition) is 3. The first-order valence-electron chi connectivity index (χ1n) is 11.5. The predicted octanol–water partition coefficient (Wildman–Crippen LogP) is 6.18. The van der Waals surface area contributed by atoms with Crippen LogP contribution in [0.3, 0.4) is 0 Å². The molecule has 0 fully saturated rings. The third-order valence-corrected chi connectivity index (χ3v) is 5.66. The molecule has 2 atom stereocenters. The molecule has 2 unspecified atom stereocenters. The molecule has 0 radical (unpaired) electrons. The SMILES string of the molecule is CCC(C)c1ccccc1OC(C)C(=O)Nc1ccc(NC(=O)CCc2ccccc2)cc1. The number of benzene rings is 3.